The van der Waals surface area contributed by atoms with Crippen LogP contribution in [0.3, 0.4) is 0 Å². The summed E-state index contributed by atoms with van der Waals surface area (Å²) in [6.07, 6.45) is 0.862. The van der Waals surface area contributed by atoms with Crippen molar-refractivity contribution in [2.75, 3.05) is 19.2 Å². The van der Waals surface area contributed by atoms with Crippen molar-refractivity contribution < 1.29 is 9.47 Å². The Kier molecular flexibility index (Phi) is 4.90. The number of alkyl halides is 1. The Morgan fingerprint density at radius 1 is 1.43 bits per heavy atom. The highest BCUT2D eigenvalue weighted by Crippen LogP contribution is 2.18. The molecule has 0 aliphatic heterocycles. The van der Waals surface area contributed by atoms with Gasteiger partial charge in [0.1, 0.15) is 5.75 Å². The summed E-state index contributed by atoms with van der Waals surface area (Å²) in [6, 6.07) is 3.86. The minimum Gasteiger partial charge on any atom is -0.466 e. The molecule has 3 nitrogen and oxygen atoms in total. The summed E-state index contributed by atoms with van der Waals surface area (Å²) >= 11 is 3.39. The number of aromatic nitrogens is 1. The smallest absolute Gasteiger partial charge is 0.188 e. The Balaban J connectivity index is 2.78. The zero-order valence-corrected chi connectivity index (χ0v) is 10.0. The van der Waals surface area contributed by atoms with Crippen LogP contribution in [0.15, 0.2) is 12.1 Å². The fourth-order valence-corrected chi connectivity index (χ4v) is 1.50. The van der Waals surface area contributed by atoms with E-state index in [4.69, 9.17) is 9.47 Å². The highest BCUT2D eigenvalue weighted by Gasteiger charge is 2.04. The molecule has 0 saturated heterocycles. The van der Waals surface area contributed by atoms with Gasteiger partial charge >= 0.3 is 0 Å². The fraction of sp³-hybridized carbons (Fsp3) is 0.500. The van der Waals surface area contributed by atoms with Crippen LogP contribution in [0.1, 0.15) is 11.4 Å². The molecule has 1 aromatic heterocycles. The highest BCUT2D eigenvalue weighted by molar-refractivity contribution is 9.09. The van der Waals surface area contributed by atoms with Gasteiger partial charge in [0.15, 0.2) is 6.79 Å². The summed E-state index contributed by atoms with van der Waals surface area (Å²) in [5, 5.41) is 0.882. The molecule has 0 unspecified atom stereocenters. The van der Waals surface area contributed by atoms with Gasteiger partial charge in [-0.2, -0.15) is 0 Å². The lowest BCUT2D eigenvalue weighted by atomic mass is 10.2. The number of ether oxygens (including phenoxy) is 2. The van der Waals surface area contributed by atoms with Gasteiger partial charge in [0.25, 0.3) is 0 Å². The molecule has 1 rings (SSSR count). The van der Waals surface area contributed by atoms with Crippen LogP contribution >= 0.6 is 15.9 Å². The second kappa shape index (κ2) is 5.98. The van der Waals surface area contributed by atoms with Crippen LogP contribution in [-0.4, -0.2) is 24.2 Å². The molecule has 78 valence electrons. The van der Waals surface area contributed by atoms with E-state index in [1.807, 2.05) is 19.1 Å². The van der Waals surface area contributed by atoms with Gasteiger partial charge in [0.2, 0.25) is 0 Å². The Labute approximate surface area is 92.6 Å². The van der Waals surface area contributed by atoms with E-state index in [2.05, 4.69) is 20.9 Å². The number of methoxy groups -OCH3 is 1. The first-order chi connectivity index (χ1) is 6.77. The quantitative estimate of drug-likeness (QED) is 0.601. The molecule has 0 aliphatic carbocycles. The molecular weight excluding hydrogens is 246 g/mol. The number of nitrogens with zero attached hydrogens (tertiary/aromatic N) is 1. The number of rotatable bonds is 5. The van der Waals surface area contributed by atoms with Crippen molar-refractivity contribution in [1.82, 2.24) is 4.98 Å². The maximum absolute atomic E-state index is 5.39. The number of hydrogen-bond acceptors (Lipinski definition) is 3. The van der Waals surface area contributed by atoms with Crippen LogP contribution in [0.25, 0.3) is 0 Å². The monoisotopic (exact) mass is 259 g/mol. The van der Waals surface area contributed by atoms with Gasteiger partial charge in [-0.05, 0) is 19.1 Å². The van der Waals surface area contributed by atoms with Crippen LogP contribution in [0.2, 0.25) is 0 Å². The summed E-state index contributed by atoms with van der Waals surface area (Å²) < 4.78 is 10.2. The molecule has 4 heteroatoms. The second-order valence-electron chi connectivity index (χ2n) is 2.89. The molecule has 0 aromatic carbocycles. The third-order valence-electron chi connectivity index (χ3n) is 1.74. The molecule has 0 aliphatic rings. The largest absolute Gasteiger partial charge is 0.466 e. The van der Waals surface area contributed by atoms with Crippen molar-refractivity contribution in [1.29, 1.82) is 0 Å². The zero-order valence-electron chi connectivity index (χ0n) is 8.42. The van der Waals surface area contributed by atoms with Gasteiger partial charge in [-0.3, -0.25) is 4.98 Å². The lowest BCUT2D eigenvalue weighted by Crippen LogP contribution is -2.04. The first-order valence-electron chi connectivity index (χ1n) is 4.42. The van der Waals surface area contributed by atoms with E-state index in [-0.39, 0.29) is 6.79 Å². The molecule has 0 saturated carbocycles. The van der Waals surface area contributed by atoms with Crippen molar-refractivity contribution in [3.8, 4) is 5.75 Å². The SMILES string of the molecule is COCOc1ccc(C)nc1CCBr. The summed E-state index contributed by atoms with van der Waals surface area (Å²) in [7, 11) is 1.60. The second-order valence-corrected chi connectivity index (χ2v) is 3.68. The Morgan fingerprint density at radius 3 is 2.86 bits per heavy atom. The number of pyridine rings is 1. The lowest BCUT2D eigenvalue weighted by molar-refractivity contribution is 0.0501. The Morgan fingerprint density at radius 2 is 2.21 bits per heavy atom. The van der Waals surface area contributed by atoms with Crippen LogP contribution < -0.4 is 4.74 Å². The van der Waals surface area contributed by atoms with E-state index >= 15 is 0 Å². The number of halogens is 1. The first-order valence-corrected chi connectivity index (χ1v) is 5.54. The molecule has 1 aromatic rings. The van der Waals surface area contributed by atoms with Gasteiger partial charge in [0, 0.05) is 24.6 Å². The molecule has 0 bridgehead atoms. The normalized spacial score (nSPS) is 10.2. The summed E-state index contributed by atoms with van der Waals surface area (Å²) in [6.45, 7) is 2.23. The molecule has 0 fully saturated rings. The predicted molar refractivity (Wildman–Crippen MR) is 59.0 cm³/mol. The van der Waals surface area contributed by atoms with Gasteiger partial charge in [-0.1, -0.05) is 15.9 Å². The molecular formula is C10H14BrNO2. The molecule has 0 amide bonds. The average molecular weight is 260 g/mol. The van der Waals surface area contributed by atoms with Crippen LogP contribution in [0.4, 0.5) is 0 Å². The molecule has 0 N–H and O–H groups in total. The summed E-state index contributed by atoms with van der Waals surface area (Å²) in [4.78, 5) is 4.41. The van der Waals surface area contributed by atoms with E-state index < -0.39 is 0 Å². The molecule has 1 heterocycles. The van der Waals surface area contributed by atoms with Crippen LogP contribution in [0.5, 0.6) is 5.75 Å². The number of hydrogen-bond donors (Lipinski definition) is 0. The van der Waals surface area contributed by atoms with Crippen LogP contribution in [-0.2, 0) is 11.2 Å². The minimum atomic E-state index is 0.264. The Bertz CT molecular complexity index is 291. The third-order valence-corrected chi connectivity index (χ3v) is 2.13. The van der Waals surface area contributed by atoms with Crippen molar-refractivity contribution in [3.63, 3.8) is 0 Å². The minimum absolute atomic E-state index is 0.264. The van der Waals surface area contributed by atoms with Gasteiger partial charge in [-0.15, -0.1) is 0 Å². The highest BCUT2D eigenvalue weighted by atomic mass is 79.9. The molecule has 14 heavy (non-hydrogen) atoms. The predicted octanol–water partition coefficient (Wildman–Crippen LogP) is 2.31. The van der Waals surface area contributed by atoms with Crippen LogP contribution in [0, 0.1) is 6.92 Å². The van der Waals surface area contributed by atoms with Crippen molar-refractivity contribution in [3.05, 3.63) is 23.5 Å². The molecule has 0 spiro atoms. The van der Waals surface area contributed by atoms with E-state index in [0.717, 1.165) is 28.9 Å². The van der Waals surface area contributed by atoms with Gasteiger partial charge in [0.05, 0.1) is 5.69 Å². The molecule has 0 radical (unpaired) electrons. The van der Waals surface area contributed by atoms with Crippen molar-refractivity contribution >= 4 is 15.9 Å². The van der Waals surface area contributed by atoms with Gasteiger partial charge in [-0.25, -0.2) is 0 Å². The maximum atomic E-state index is 5.39. The summed E-state index contributed by atoms with van der Waals surface area (Å²) in [5.41, 5.74) is 1.98. The van der Waals surface area contributed by atoms with E-state index in [1.54, 1.807) is 7.11 Å². The van der Waals surface area contributed by atoms with E-state index in [0.29, 0.717) is 0 Å². The average Bonchev–Trinajstić information content (AvgIpc) is 2.17. The fourth-order valence-electron chi connectivity index (χ4n) is 1.12. The summed E-state index contributed by atoms with van der Waals surface area (Å²) in [5.74, 6) is 0.803. The lowest BCUT2D eigenvalue weighted by Gasteiger charge is -2.09. The molecule has 0 atom stereocenters. The van der Waals surface area contributed by atoms with E-state index in [9.17, 15) is 0 Å². The zero-order chi connectivity index (χ0) is 10.4. The first kappa shape index (κ1) is 11.5. The third kappa shape index (κ3) is 3.27. The number of aryl methyl sites for hydroxylation is 2. The van der Waals surface area contributed by atoms with Crippen molar-refractivity contribution in [2.24, 2.45) is 0 Å². The van der Waals surface area contributed by atoms with Gasteiger partial charge < -0.3 is 9.47 Å². The standard InChI is InChI=1S/C10H14BrNO2/c1-8-3-4-10(14-7-13-2)9(12-8)5-6-11/h3-4H,5-7H2,1-2H3. The maximum Gasteiger partial charge on any atom is 0.188 e. The topological polar surface area (TPSA) is 31.4 Å². The Hall–Kier alpha value is -0.610. The van der Waals surface area contributed by atoms with E-state index in [1.165, 1.54) is 0 Å². The van der Waals surface area contributed by atoms with Crippen molar-refractivity contribution in [2.45, 2.75) is 13.3 Å².